The van der Waals surface area contributed by atoms with Crippen LogP contribution in [0.5, 0.6) is 5.75 Å². The van der Waals surface area contributed by atoms with Crippen LogP contribution >= 0.6 is 0 Å². The number of likely N-dealkylation sites (tertiary alicyclic amines) is 1. The number of fused-ring (bicyclic) bond motifs is 1. The Labute approximate surface area is 137 Å². The second-order valence-corrected chi connectivity index (χ2v) is 8.03. The first kappa shape index (κ1) is 16.2. The van der Waals surface area contributed by atoms with Crippen molar-refractivity contribution in [2.75, 3.05) is 19.3 Å². The molecule has 1 heterocycles. The van der Waals surface area contributed by atoms with Crippen LogP contribution in [0.15, 0.2) is 36.4 Å². The molecule has 0 bridgehead atoms. The molecule has 2 N–H and O–H groups in total. The Morgan fingerprint density at radius 3 is 2.83 bits per heavy atom. The van der Waals surface area contributed by atoms with Crippen molar-refractivity contribution in [1.29, 1.82) is 0 Å². The lowest BCUT2D eigenvalue weighted by molar-refractivity contribution is 0.193. The van der Waals surface area contributed by atoms with E-state index in [0.29, 0.717) is 18.8 Å². The first-order valence-electron chi connectivity index (χ1n) is 7.81. The minimum atomic E-state index is -3.19. The van der Waals surface area contributed by atoms with Gasteiger partial charge in [-0.3, -0.25) is 4.90 Å². The maximum atomic E-state index is 11.4. The van der Waals surface area contributed by atoms with Crippen molar-refractivity contribution in [3.8, 4) is 5.75 Å². The molecule has 1 atom stereocenters. The van der Waals surface area contributed by atoms with Gasteiger partial charge in [0.2, 0.25) is 10.0 Å². The maximum Gasteiger partial charge on any atom is 0.208 e. The van der Waals surface area contributed by atoms with Gasteiger partial charge in [-0.15, -0.1) is 0 Å². The molecule has 2 aromatic rings. The van der Waals surface area contributed by atoms with E-state index < -0.39 is 10.0 Å². The average molecular weight is 334 g/mol. The molecule has 1 unspecified atom stereocenters. The fraction of sp³-hybridized carbons (Fsp3) is 0.412. The zero-order chi connectivity index (χ0) is 16.4. The molecule has 23 heavy (non-hydrogen) atoms. The summed E-state index contributed by atoms with van der Waals surface area (Å²) in [5, 5.41) is 12.4. The van der Waals surface area contributed by atoms with Gasteiger partial charge in [-0.1, -0.05) is 30.3 Å². The fourth-order valence-electron chi connectivity index (χ4n) is 3.31. The topological polar surface area (TPSA) is 69.6 Å². The summed E-state index contributed by atoms with van der Waals surface area (Å²) >= 11 is 0. The monoisotopic (exact) mass is 334 g/mol. The Kier molecular flexibility index (Phi) is 4.57. The Morgan fingerprint density at radius 2 is 2.04 bits per heavy atom. The molecule has 0 spiro atoms. The van der Waals surface area contributed by atoms with Crippen molar-refractivity contribution in [3.63, 3.8) is 0 Å². The van der Waals surface area contributed by atoms with Crippen LogP contribution in [0, 0.1) is 0 Å². The fourth-order valence-corrected chi connectivity index (χ4v) is 4.11. The van der Waals surface area contributed by atoms with E-state index >= 15 is 0 Å². The van der Waals surface area contributed by atoms with Crippen LogP contribution in [0.1, 0.15) is 18.4 Å². The molecule has 0 saturated carbocycles. The van der Waals surface area contributed by atoms with E-state index in [2.05, 4.69) is 9.62 Å². The summed E-state index contributed by atoms with van der Waals surface area (Å²) in [4.78, 5) is 2.20. The molecule has 1 aliphatic heterocycles. The molecule has 124 valence electrons. The third kappa shape index (κ3) is 4.02. The number of phenols is 1. The van der Waals surface area contributed by atoms with Crippen LogP contribution < -0.4 is 4.72 Å². The van der Waals surface area contributed by atoms with E-state index in [1.165, 1.54) is 6.26 Å². The molecule has 1 aliphatic rings. The van der Waals surface area contributed by atoms with Crippen molar-refractivity contribution >= 4 is 20.8 Å². The van der Waals surface area contributed by atoms with E-state index in [4.69, 9.17) is 0 Å². The third-order valence-corrected chi connectivity index (χ3v) is 5.05. The molecule has 3 rings (SSSR count). The molecule has 1 saturated heterocycles. The second-order valence-electron chi connectivity index (χ2n) is 6.25. The smallest absolute Gasteiger partial charge is 0.208 e. The van der Waals surface area contributed by atoms with E-state index in [1.54, 1.807) is 6.07 Å². The van der Waals surface area contributed by atoms with E-state index in [1.807, 2.05) is 30.3 Å². The molecular formula is C17H22N2O3S. The lowest BCUT2D eigenvalue weighted by Gasteiger charge is -2.33. The summed E-state index contributed by atoms with van der Waals surface area (Å²) in [6.45, 7) is 2.19. The van der Waals surface area contributed by atoms with Crippen molar-refractivity contribution in [2.45, 2.75) is 25.4 Å². The number of piperidine rings is 1. The van der Waals surface area contributed by atoms with Gasteiger partial charge in [0, 0.05) is 24.7 Å². The first-order valence-corrected chi connectivity index (χ1v) is 9.71. The van der Waals surface area contributed by atoms with Crippen molar-refractivity contribution in [2.24, 2.45) is 0 Å². The van der Waals surface area contributed by atoms with Crippen molar-refractivity contribution in [1.82, 2.24) is 9.62 Å². The van der Waals surface area contributed by atoms with Crippen LogP contribution in [-0.4, -0.2) is 43.8 Å². The average Bonchev–Trinajstić information content (AvgIpc) is 2.49. The van der Waals surface area contributed by atoms with Gasteiger partial charge in [-0.05, 0) is 36.2 Å². The molecule has 0 aromatic heterocycles. The van der Waals surface area contributed by atoms with Crippen molar-refractivity contribution in [3.05, 3.63) is 42.0 Å². The third-order valence-electron chi connectivity index (χ3n) is 4.28. The number of hydrogen-bond donors (Lipinski definition) is 2. The molecule has 5 nitrogen and oxygen atoms in total. The normalized spacial score (nSPS) is 20.0. The van der Waals surface area contributed by atoms with E-state index in [9.17, 15) is 13.5 Å². The molecule has 0 amide bonds. The Bertz CT molecular complexity index is 805. The molecular weight excluding hydrogens is 312 g/mol. The van der Waals surface area contributed by atoms with Gasteiger partial charge in [-0.25, -0.2) is 13.1 Å². The highest BCUT2D eigenvalue weighted by atomic mass is 32.2. The molecule has 2 aromatic carbocycles. The number of nitrogens with one attached hydrogen (secondary N) is 1. The number of sulfonamides is 1. The van der Waals surface area contributed by atoms with Crippen molar-refractivity contribution < 1.29 is 13.5 Å². The maximum absolute atomic E-state index is 11.4. The van der Waals surface area contributed by atoms with Crippen LogP contribution in [0.4, 0.5) is 0 Å². The Morgan fingerprint density at radius 1 is 1.26 bits per heavy atom. The minimum Gasteiger partial charge on any atom is -0.508 e. The highest BCUT2D eigenvalue weighted by Crippen LogP contribution is 2.29. The highest BCUT2D eigenvalue weighted by Gasteiger charge is 2.23. The number of hydrogen-bond acceptors (Lipinski definition) is 4. The summed E-state index contributed by atoms with van der Waals surface area (Å²) in [6, 6.07) is 11.6. The zero-order valence-electron chi connectivity index (χ0n) is 13.2. The number of phenolic OH excluding ortho intramolecular Hbond substituents is 1. The largest absolute Gasteiger partial charge is 0.508 e. The van der Waals surface area contributed by atoms with Gasteiger partial charge >= 0.3 is 0 Å². The quantitative estimate of drug-likeness (QED) is 0.898. The summed E-state index contributed by atoms with van der Waals surface area (Å²) in [5.41, 5.74) is 0.906. The van der Waals surface area contributed by atoms with Gasteiger partial charge in [0.25, 0.3) is 0 Å². The standard InChI is InChI=1S/C17H22N2O3S/c1-23(21,22)18-14-6-4-10-19(11-14)12-16-15-7-3-2-5-13(15)8-9-17(16)20/h2-3,5,7-9,14,18,20H,4,6,10-12H2,1H3. The van der Waals surface area contributed by atoms with Gasteiger partial charge < -0.3 is 5.11 Å². The summed E-state index contributed by atoms with van der Waals surface area (Å²) < 4.78 is 25.5. The van der Waals surface area contributed by atoms with Gasteiger partial charge in [0.15, 0.2) is 0 Å². The summed E-state index contributed by atoms with van der Waals surface area (Å²) in [7, 11) is -3.19. The summed E-state index contributed by atoms with van der Waals surface area (Å²) in [6.07, 6.45) is 2.99. The Hall–Kier alpha value is -1.63. The van der Waals surface area contributed by atoms with Crippen LogP contribution in [0.3, 0.4) is 0 Å². The number of aromatic hydroxyl groups is 1. The minimum absolute atomic E-state index is 0.0594. The first-order chi connectivity index (χ1) is 10.9. The Balaban J connectivity index is 1.80. The van der Waals surface area contributed by atoms with Gasteiger partial charge in [-0.2, -0.15) is 0 Å². The highest BCUT2D eigenvalue weighted by molar-refractivity contribution is 7.88. The lowest BCUT2D eigenvalue weighted by Crippen LogP contribution is -2.47. The molecule has 6 heteroatoms. The molecule has 0 aliphatic carbocycles. The summed E-state index contributed by atoms with van der Waals surface area (Å²) in [5.74, 6) is 0.293. The molecule has 0 radical (unpaired) electrons. The zero-order valence-corrected chi connectivity index (χ0v) is 14.0. The van der Waals surface area contributed by atoms with E-state index in [-0.39, 0.29) is 6.04 Å². The lowest BCUT2D eigenvalue weighted by atomic mass is 10.0. The number of rotatable bonds is 4. The predicted octanol–water partition coefficient (Wildman–Crippen LogP) is 2.06. The predicted molar refractivity (Wildman–Crippen MR) is 91.9 cm³/mol. The molecule has 1 fully saturated rings. The van der Waals surface area contributed by atoms with Crippen LogP contribution in [0.25, 0.3) is 10.8 Å². The van der Waals surface area contributed by atoms with Crippen LogP contribution in [0.2, 0.25) is 0 Å². The van der Waals surface area contributed by atoms with Gasteiger partial charge in [0.05, 0.1) is 6.26 Å². The SMILES string of the molecule is CS(=O)(=O)NC1CCCN(Cc2c(O)ccc3ccccc23)C1. The van der Waals surface area contributed by atoms with Crippen LogP contribution in [-0.2, 0) is 16.6 Å². The number of benzene rings is 2. The second kappa shape index (κ2) is 6.47. The number of nitrogens with zero attached hydrogens (tertiary/aromatic N) is 1. The van der Waals surface area contributed by atoms with Gasteiger partial charge in [0.1, 0.15) is 5.75 Å². The van der Waals surface area contributed by atoms with E-state index in [0.717, 1.165) is 35.7 Å².